The van der Waals surface area contributed by atoms with Gasteiger partial charge in [0, 0.05) is 23.8 Å². The van der Waals surface area contributed by atoms with Crippen LogP contribution in [0.2, 0.25) is 0 Å². The lowest BCUT2D eigenvalue weighted by molar-refractivity contribution is 0.746. The zero-order chi connectivity index (χ0) is 14.9. The number of hydrogen-bond donors (Lipinski definition) is 3. The van der Waals surface area contributed by atoms with Crippen molar-refractivity contribution < 1.29 is 0 Å². The van der Waals surface area contributed by atoms with Crippen molar-refractivity contribution in [1.82, 2.24) is 14.5 Å². The van der Waals surface area contributed by atoms with Gasteiger partial charge in [0.2, 0.25) is 5.95 Å². The molecular formula is C13H16N6O. The van der Waals surface area contributed by atoms with Gasteiger partial charge >= 0.3 is 0 Å². The van der Waals surface area contributed by atoms with Gasteiger partial charge in [-0.25, -0.2) is 4.98 Å². The molecule has 0 aliphatic heterocycles. The Morgan fingerprint density at radius 1 is 1.50 bits per heavy atom. The van der Waals surface area contributed by atoms with E-state index < -0.39 is 0 Å². The highest BCUT2D eigenvalue weighted by Crippen LogP contribution is 2.18. The van der Waals surface area contributed by atoms with Crippen LogP contribution in [0.3, 0.4) is 0 Å². The summed E-state index contributed by atoms with van der Waals surface area (Å²) in [6.45, 7) is 4.08. The molecule has 0 radical (unpaired) electrons. The van der Waals surface area contributed by atoms with Gasteiger partial charge in [0.05, 0.1) is 11.3 Å². The number of nitrogens with two attached hydrogens (primary N) is 2. The van der Waals surface area contributed by atoms with E-state index in [9.17, 15) is 4.79 Å². The summed E-state index contributed by atoms with van der Waals surface area (Å²) < 4.78 is 1.50. The number of rotatable bonds is 3. The van der Waals surface area contributed by atoms with Gasteiger partial charge in [-0.1, -0.05) is 0 Å². The number of pyridine rings is 1. The number of nitrogens with one attached hydrogen (secondary N) is 1. The van der Waals surface area contributed by atoms with Gasteiger partial charge in [0.25, 0.3) is 5.56 Å². The zero-order valence-electron chi connectivity index (χ0n) is 11.3. The van der Waals surface area contributed by atoms with Gasteiger partial charge in [0.15, 0.2) is 0 Å². The van der Waals surface area contributed by atoms with E-state index in [1.165, 1.54) is 10.6 Å². The second-order valence-electron chi connectivity index (χ2n) is 4.30. The van der Waals surface area contributed by atoms with Crippen LogP contribution in [0.5, 0.6) is 0 Å². The number of hydrogen-bond acceptors (Lipinski definition) is 6. The molecule has 2 heterocycles. The van der Waals surface area contributed by atoms with Crippen LogP contribution in [-0.2, 0) is 6.54 Å². The van der Waals surface area contributed by atoms with Gasteiger partial charge in [-0.3, -0.25) is 9.36 Å². The van der Waals surface area contributed by atoms with E-state index in [1.54, 1.807) is 13.0 Å². The molecule has 7 heteroatoms. The molecular weight excluding hydrogens is 256 g/mol. The van der Waals surface area contributed by atoms with Crippen molar-refractivity contribution in [2.24, 2.45) is 5.73 Å². The highest BCUT2D eigenvalue weighted by atomic mass is 16.1. The van der Waals surface area contributed by atoms with Crippen molar-refractivity contribution in [2.45, 2.75) is 20.4 Å². The molecule has 0 spiro atoms. The van der Waals surface area contributed by atoms with E-state index in [0.29, 0.717) is 23.4 Å². The summed E-state index contributed by atoms with van der Waals surface area (Å²) in [5.74, 6) is 0.132. The first kappa shape index (κ1) is 13.7. The topological polar surface area (TPSA) is 124 Å². The first-order valence-corrected chi connectivity index (χ1v) is 6.13. The molecule has 0 aromatic carbocycles. The van der Waals surface area contributed by atoms with Crippen LogP contribution in [-0.4, -0.2) is 20.7 Å². The van der Waals surface area contributed by atoms with Crippen molar-refractivity contribution in [3.05, 3.63) is 33.8 Å². The Balaban J connectivity index is 2.95. The molecule has 20 heavy (non-hydrogen) atoms. The van der Waals surface area contributed by atoms with Crippen LogP contribution in [0.4, 0.5) is 5.95 Å². The van der Waals surface area contributed by atoms with Crippen LogP contribution >= 0.6 is 0 Å². The van der Waals surface area contributed by atoms with E-state index in [2.05, 4.69) is 9.97 Å². The number of fused-ring (bicyclic) bond motifs is 1. The third-order valence-electron chi connectivity index (χ3n) is 3.04. The van der Waals surface area contributed by atoms with Crippen LogP contribution in [0, 0.1) is 12.3 Å². The lowest BCUT2D eigenvalue weighted by atomic mass is 10.1. The summed E-state index contributed by atoms with van der Waals surface area (Å²) >= 11 is 0. The first-order valence-electron chi connectivity index (χ1n) is 6.13. The maximum Gasteiger partial charge on any atom is 0.261 e. The van der Waals surface area contributed by atoms with Crippen molar-refractivity contribution in [1.29, 1.82) is 5.41 Å². The molecule has 7 nitrogen and oxygen atoms in total. The number of nitrogens with zero attached hydrogens (tertiary/aromatic N) is 3. The third kappa shape index (κ3) is 2.13. The SMILES string of the molecule is CCn1c(=O)c(/C(N)=C/C=N)cc2c(C)nc(N)nc21. The van der Waals surface area contributed by atoms with Gasteiger partial charge in [-0.15, -0.1) is 0 Å². The van der Waals surface area contributed by atoms with Crippen molar-refractivity contribution in [2.75, 3.05) is 5.73 Å². The van der Waals surface area contributed by atoms with Crippen LogP contribution < -0.4 is 17.0 Å². The molecule has 0 aliphatic carbocycles. The first-order chi connectivity index (χ1) is 9.49. The fourth-order valence-corrected chi connectivity index (χ4v) is 2.09. The molecule has 0 saturated heterocycles. The predicted octanol–water partition coefficient (Wildman–Crippen LogP) is 0.651. The van der Waals surface area contributed by atoms with Crippen LogP contribution in [0.15, 0.2) is 16.9 Å². The van der Waals surface area contributed by atoms with E-state index in [0.717, 1.165) is 11.6 Å². The van der Waals surface area contributed by atoms with Crippen LogP contribution in [0.25, 0.3) is 16.7 Å². The lowest BCUT2D eigenvalue weighted by Gasteiger charge is -2.12. The van der Waals surface area contributed by atoms with Gasteiger partial charge in [-0.05, 0) is 26.0 Å². The Hall–Kier alpha value is -2.70. The van der Waals surface area contributed by atoms with Gasteiger partial charge < -0.3 is 16.9 Å². The summed E-state index contributed by atoms with van der Waals surface area (Å²) in [6, 6.07) is 1.65. The average Bonchev–Trinajstić information content (AvgIpc) is 2.38. The Labute approximate surface area is 115 Å². The Bertz CT molecular complexity index is 775. The molecule has 5 N–H and O–H groups in total. The Morgan fingerprint density at radius 2 is 2.20 bits per heavy atom. The van der Waals surface area contributed by atoms with E-state index >= 15 is 0 Å². The molecule has 0 unspecified atom stereocenters. The summed E-state index contributed by atoms with van der Waals surface area (Å²) in [4.78, 5) is 20.7. The standard InChI is InChI=1S/C13H16N6O/c1-3-19-11-8(7(2)17-13(16)18-11)6-9(12(19)20)10(15)4-5-14/h4-6,14H,3,15H2,1-2H3,(H2,16,17,18)/b10-4-,14-5?. The molecule has 2 rings (SSSR count). The minimum Gasteiger partial charge on any atom is -0.398 e. The molecule has 2 aromatic heterocycles. The van der Waals surface area contributed by atoms with Gasteiger partial charge in [-0.2, -0.15) is 4.98 Å². The van der Waals surface area contributed by atoms with E-state index in [-0.39, 0.29) is 17.2 Å². The zero-order valence-corrected chi connectivity index (χ0v) is 11.3. The average molecular weight is 272 g/mol. The molecule has 0 bridgehead atoms. The lowest BCUT2D eigenvalue weighted by Crippen LogP contribution is -2.26. The molecule has 104 valence electrons. The van der Waals surface area contributed by atoms with Crippen molar-refractivity contribution in [3.8, 4) is 0 Å². The largest absolute Gasteiger partial charge is 0.398 e. The Kier molecular flexibility index (Phi) is 3.51. The Morgan fingerprint density at radius 3 is 2.80 bits per heavy atom. The maximum atomic E-state index is 12.4. The second kappa shape index (κ2) is 5.12. The van der Waals surface area contributed by atoms with Crippen molar-refractivity contribution in [3.63, 3.8) is 0 Å². The monoisotopic (exact) mass is 272 g/mol. The summed E-state index contributed by atoms with van der Waals surface area (Å²) in [6.07, 6.45) is 2.41. The fourth-order valence-electron chi connectivity index (χ4n) is 2.09. The minimum absolute atomic E-state index is 0.132. The minimum atomic E-state index is -0.256. The quantitative estimate of drug-likeness (QED) is 0.708. The number of aromatic nitrogens is 3. The number of allylic oxidation sites excluding steroid dienone is 1. The maximum absolute atomic E-state index is 12.4. The van der Waals surface area contributed by atoms with E-state index in [4.69, 9.17) is 16.9 Å². The molecule has 0 atom stereocenters. The number of nitrogen functional groups attached to an aromatic ring is 1. The van der Waals surface area contributed by atoms with Crippen LogP contribution in [0.1, 0.15) is 18.2 Å². The summed E-state index contributed by atoms with van der Waals surface area (Å²) in [5.41, 5.74) is 13.0. The molecule has 2 aromatic rings. The fraction of sp³-hybridized carbons (Fsp3) is 0.231. The molecule has 0 saturated carbocycles. The summed E-state index contributed by atoms with van der Waals surface area (Å²) in [7, 11) is 0. The number of anilines is 1. The normalized spacial score (nSPS) is 11.8. The second-order valence-corrected chi connectivity index (χ2v) is 4.30. The highest BCUT2D eigenvalue weighted by molar-refractivity contribution is 5.86. The molecule has 0 amide bonds. The van der Waals surface area contributed by atoms with Crippen molar-refractivity contribution >= 4 is 28.9 Å². The number of aryl methyl sites for hydroxylation is 2. The van der Waals surface area contributed by atoms with Gasteiger partial charge in [0.1, 0.15) is 5.65 Å². The third-order valence-corrected chi connectivity index (χ3v) is 3.04. The smallest absolute Gasteiger partial charge is 0.261 e. The predicted molar refractivity (Wildman–Crippen MR) is 79.6 cm³/mol. The molecule has 0 fully saturated rings. The molecule has 0 aliphatic rings. The summed E-state index contributed by atoms with van der Waals surface area (Å²) in [5, 5.41) is 7.77. The highest BCUT2D eigenvalue weighted by Gasteiger charge is 2.13. The van der Waals surface area contributed by atoms with E-state index in [1.807, 2.05) is 6.92 Å².